The molecule has 1 fully saturated rings. The van der Waals surface area contributed by atoms with E-state index < -0.39 is 5.97 Å². The van der Waals surface area contributed by atoms with Gasteiger partial charge in [0.05, 0.1) is 5.92 Å². The maximum Gasteiger partial charge on any atom is 0.307 e. The third-order valence-corrected chi connectivity index (χ3v) is 2.91. The third-order valence-electron chi connectivity index (χ3n) is 2.91. The molecule has 0 aromatic rings. The van der Waals surface area contributed by atoms with Crippen molar-refractivity contribution in [1.29, 1.82) is 0 Å². The number of carboxylic acids is 1. The van der Waals surface area contributed by atoms with Gasteiger partial charge in [-0.15, -0.1) is 0 Å². The van der Waals surface area contributed by atoms with Crippen LogP contribution in [0.25, 0.3) is 0 Å². The topological polar surface area (TPSA) is 37.3 Å². The third kappa shape index (κ3) is 1.93. The summed E-state index contributed by atoms with van der Waals surface area (Å²) in [5, 5.41) is 8.92. The molecule has 0 bridgehead atoms. The Balaban J connectivity index is 2.77. The number of hydrogen-bond donors (Lipinski definition) is 1. The molecule has 2 atom stereocenters. The Morgan fingerprint density at radius 1 is 1.46 bits per heavy atom. The quantitative estimate of drug-likeness (QED) is 0.667. The van der Waals surface area contributed by atoms with E-state index in [0.717, 1.165) is 6.42 Å². The fraction of sp³-hybridized carbons (Fsp3) is 0.727. The lowest BCUT2D eigenvalue weighted by Crippen LogP contribution is -2.46. The summed E-state index contributed by atoms with van der Waals surface area (Å²) in [6, 6.07) is 0. The Morgan fingerprint density at radius 2 is 2.00 bits per heavy atom. The van der Waals surface area contributed by atoms with Crippen molar-refractivity contribution in [2.24, 2.45) is 17.3 Å². The van der Waals surface area contributed by atoms with Crippen molar-refractivity contribution in [3.05, 3.63) is 11.6 Å². The maximum atomic E-state index is 10.8. The molecule has 1 N–H and O–H groups in total. The van der Waals surface area contributed by atoms with Crippen LogP contribution in [0.4, 0.5) is 0 Å². The first kappa shape index (κ1) is 10.3. The van der Waals surface area contributed by atoms with Crippen LogP contribution in [0.1, 0.15) is 34.1 Å². The van der Waals surface area contributed by atoms with Crippen molar-refractivity contribution in [3.63, 3.8) is 0 Å². The summed E-state index contributed by atoms with van der Waals surface area (Å²) in [4.78, 5) is 10.8. The van der Waals surface area contributed by atoms with Gasteiger partial charge in [-0.2, -0.15) is 0 Å². The summed E-state index contributed by atoms with van der Waals surface area (Å²) in [7, 11) is 0. The van der Waals surface area contributed by atoms with Crippen LogP contribution in [-0.2, 0) is 4.79 Å². The predicted molar refractivity (Wildman–Crippen MR) is 52.4 cm³/mol. The van der Waals surface area contributed by atoms with Gasteiger partial charge in [0, 0.05) is 0 Å². The second-order valence-electron chi connectivity index (χ2n) is 4.91. The van der Waals surface area contributed by atoms with Crippen LogP contribution in [0, 0.1) is 17.3 Å². The smallest absolute Gasteiger partial charge is 0.307 e. The van der Waals surface area contributed by atoms with Gasteiger partial charge in [0.25, 0.3) is 0 Å². The van der Waals surface area contributed by atoms with Gasteiger partial charge in [0.1, 0.15) is 0 Å². The van der Waals surface area contributed by atoms with Gasteiger partial charge in [0.2, 0.25) is 0 Å². The lowest BCUT2D eigenvalue weighted by atomic mass is 9.55. The summed E-state index contributed by atoms with van der Waals surface area (Å²) in [6.07, 6.45) is 2.90. The number of carboxylic acid groups (broad SMARTS) is 1. The summed E-state index contributed by atoms with van der Waals surface area (Å²) in [5.41, 5.74) is 1.38. The van der Waals surface area contributed by atoms with Crippen LogP contribution in [0.2, 0.25) is 0 Å². The highest BCUT2D eigenvalue weighted by Crippen LogP contribution is 2.51. The molecule has 2 unspecified atom stereocenters. The van der Waals surface area contributed by atoms with Crippen molar-refractivity contribution in [1.82, 2.24) is 0 Å². The Bertz CT molecular complexity index is 247. The molecular weight excluding hydrogens is 164 g/mol. The zero-order valence-electron chi connectivity index (χ0n) is 8.79. The SMILES string of the molecule is CC(C)=CC1C(C(=O)O)CC1(C)C. The molecule has 74 valence electrons. The molecule has 0 radical (unpaired) electrons. The first-order valence-corrected chi connectivity index (χ1v) is 4.72. The largest absolute Gasteiger partial charge is 0.481 e. The van der Waals surface area contributed by atoms with E-state index in [1.165, 1.54) is 5.57 Å². The predicted octanol–water partition coefficient (Wildman–Crippen LogP) is 2.70. The van der Waals surface area contributed by atoms with Crippen molar-refractivity contribution < 1.29 is 9.90 Å². The summed E-state index contributed by atoms with van der Waals surface area (Å²) < 4.78 is 0. The molecule has 1 aliphatic rings. The second-order valence-corrected chi connectivity index (χ2v) is 4.91. The average molecular weight is 182 g/mol. The van der Waals surface area contributed by atoms with E-state index >= 15 is 0 Å². The lowest BCUT2D eigenvalue weighted by Gasteiger charge is -2.48. The lowest BCUT2D eigenvalue weighted by molar-refractivity contribution is -0.153. The number of aliphatic carboxylic acids is 1. The highest BCUT2D eigenvalue weighted by Gasteiger charge is 2.49. The highest BCUT2D eigenvalue weighted by molar-refractivity contribution is 5.72. The van der Waals surface area contributed by atoms with Gasteiger partial charge in [0.15, 0.2) is 0 Å². The molecule has 0 aliphatic heterocycles. The van der Waals surface area contributed by atoms with Gasteiger partial charge in [-0.1, -0.05) is 25.5 Å². The summed E-state index contributed by atoms with van der Waals surface area (Å²) in [5.74, 6) is -0.596. The minimum atomic E-state index is -0.651. The molecule has 13 heavy (non-hydrogen) atoms. The molecular formula is C11H18O2. The normalized spacial score (nSPS) is 30.5. The zero-order valence-corrected chi connectivity index (χ0v) is 8.79. The van der Waals surface area contributed by atoms with Crippen LogP contribution in [0.15, 0.2) is 11.6 Å². The molecule has 1 rings (SSSR count). The monoisotopic (exact) mass is 182 g/mol. The fourth-order valence-electron chi connectivity index (χ4n) is 2.16. The Kier molecular flexibility index (Phi) is 2.51. The van der Waals surface area contributed by atoms with Crippen molar-refractivity contribution in [2.75, 3.05) is 0 Å². The van der Waals surface area contributed by atoms with Crippen LogP contribution in [-0.4, -0.2) is 11.1 Å². The van der Waals surface area contributed by atoms with E-state index in [9.17, 15) is 4.79 Å². The number of hydrogen-bond acceptors (Lipinski definition) is 1. The molecule has 0 amide bonds. The molecule has 1 aliphatic carbocycles. The minimum Gasteiger partial charge on any atom is -0.481 e. The molecule has 2 heteroatoms. The first-order valence-electron chi connectivity index (χ1n) is 4.72. The maximum absolute atomic E-state index is 10.8. The van der Waals surface area contributed by atoms with Crippen molar-refractivity contribution in [2.45, 2.75) is 34.1 Å². The van der Waals surface area contributed by atoms with Crippen LogP contribution in [0.3, 0.4) is 0 Å². The summed E-state index contributed by atoms with van der Waals surface area (Å²) >= 11 is 0. The average Bonchev–Trinajstić information content (AvgIpc) is 1.96. The van der Waals surface area contributed by atoms with Gasteiger partial charge in [-0.25, -0.2) is 0 Å². The standard InChI is InChI=1S/C11H18O2/c1-7(2)5-9-8(10(12)13)6-11(9,3)4/h5,8-9H,6H2,1-4H3,(H,12,13). The van der Waals surface area contributed by atoms with E-state index in [4.69, 9.17) is 5.11 Å². The van der Waals surface area contributed by atoms with E-state index in [1.807, 2.05) is 13.8 Å². The summed E-state index contributed by atoms with van der Waals surface area (Å²) in [6.45, 7) is 8.31. The van der Waals surface area contributed by atoms with Gasteiger partial charge in [-0.05, 0) is 31.6 Å². The molecule has 0 spiro atoms. The number of rotatable bonds is 2. The zero-order chi connectivity index (χ0) is 10.2. The molecule has 2 nitrogen and oxygen atoms in total. The van der Waals surface area contributed by atoms with E-state index in [-0.39, 0.29) is 17.3 Å². The van der Waals surface area contributed by atoms with E-state index in [1.54, 1.807) is 0 Å². The van der Waals surface area contributed by atoms with Gasteiger partial charge >= 0.3 is 5.97 Å². The second kappa shape index (κ2) is 3.17. The fourth-order valence-corrected chi connectivity index (χ4v) is 2.16. The minimum absolute atomic E-state index is 0.162. The van der Waals surface area contributed by atoms with E-state index in [2.05, 4.69) is 19.9 Å². The first-order chi connectivity index (χ1) is 5.84. The van der Waals surface area contributed by atoms with Gasteiger partial charge in [-0.3, -0.25) is 4.79 Å². The van der Waals surface area contributed by atoms with Crippen LogP contribution in [0.5, 0.6) is 0 Å². The molecule has 0 aromatic heterocycles. The Labute approximate surface area is 79.6 Å². The Hall–Kier alpha value is -0.790. The molecule has 1 saturated carbocycles. The van der Waals surface area contributed by atoms with Crippen LogP contribution >= 0.6 is 0 Å². The van der Waals surface area contributed by atoms with Crippen LogP contribution < -0.4 is 0 Å². The Morgan fingerprint density at radius 3 is 2.31 bits per heavy atom. The van der Waals surface area contributed by atoms with Gasteiger partial charge < -0.3 is 5.11 Å². The number of carbonyl (C=O) groups is 1. The highest BCUT2D eigenvalue weighted by atomic mass is 16.4. The van der Waals surface area contributed by atoms with E-state index in [0.29, 0.717) is 0 Å². The number of allylic oxidation sites excluding steroid dienone is 2. The molecule has 0 aromatic carbocycles. The van der Waals surface area contributed by atoms with Crippen molar-refractivity contribution in [3.8, 4) is 0 Å². The van der Waals surface area contributed by atoms with Crippen molar-refractivity contribution >= 4 is 5.97 Å². The molecule has 0 heterocycles. The molecule has 0 saturated heterocycles.